The maximum Gasteiger partial charge on any atom is 0.208 e. The second kappa shape index (κ2) is 7.09. The molecule has 4 N–H and O–H groups in total. The lowest BCUT2D eigenvalue weighted by molar-refractivity contribution is 0.305. The lowest BCUT2D eigenvalue weighted by Gasteiger charge is -2.09. The van der Waals surface area contributed by atoms with Crippen molar-refractivity contribution >= 4 is 50.6 Å². The first-order chi connectivity index (χ1) is 11.6. The predicted molar refractivity (Wildman–Crippen MR) is 92.7 cm³/mol. The Bertz CT molecular complexity index is 795. The van der Waals surface area contributed by atoms with Crippen LogP contribution in [0.2, 0.25) is 0 Å². The minimum absolute atomic E-state index is 0.0357. The second-order valence-electron chi connectivity index (χ2n) is 5.04. The van der Waals surface area contributed by atoms with E-state index >= 15 is 0 Å². The third-order valence-corrected chi connectivity index (χ3v) is 3.97. The summed E-state index contributed by atoms with van der Waals surface area (Å²) in [5.41, 5.74) is 0.599. The number of nitrogens with zero attached hydrogens (tertiary/aromatic N) is 3. The number of halogens is 2. The Morgan fingerprint density at radius 3 is 2.83 bits per heavy atom. The number of nitrogens with one attached hydrogen (secondary N) is 3. The summed E-state index contributed by atoms with van der Waals surface area (Å²) in [5, 5.41) is 28.9. The van der Waals surface area contributed by atoms with Crippen molar-refractivity contribution in [3.05, 3.63) is 34.2 Å². The van der Waals surface area contributed by atoms with Crippen LogP contribution in [-0.4, -0.2) is 32.5 Å². The summed E-state index contributed by atoms with van der Waals surface area (Å²) in [6, 6.07) is 4.59. The fourth-order valence-electron chi connectivity index (χ4n) is 1.82. The number of hydrogen-bond acceptors (Lipinski definition) is 6. The number of rotatable bonds is 4. The summed E-state index contributed by atoms with van der Waals surface area (Å²) >= 11 is 8.24. The van der Waals surface area contributed by atoms with Gasteiger partial charge in [-0.25, -0.2) is 9.02 Å². The molecule has 0 amide bonds. The third kappa shape index (κ3) is 3.97. The van der Waals surface area contributed by atoms with Crippen LogP contribution in [0.15, 0.2) is 32.5 Å². The SMILES string of the molecule is O/N=C(\Nc1ccc(F)c(Br)c1)c1nonc1NC(=S)NC1CC1. The number of hydrogen-bond donors (Lipinski definition) is 4. The highest BCUT2D eigenvalue weighted by Crippen LogP contribution is 2.22. The van der Waals surface area contributed by atoms with E-state index < -0.39 is 5.82 Å². The van der Waals surface area contributed by atoms with Crippen LogP contribution >= 0.6 is 28.1 Å². The van der Waals surface area contributed by atoms with Gasteiger partial charge in [0.1, 0.15) is 5.82 Å². The van der Waals surface area contributed by atoms with Gasteiger partial charge in [-0.3, -0.25) is 0 Å². The maximum absolute atomic E-state index is 13.3. The minimum atomic E-state index is -0.412. The number of benzene rings is 1. The molecule has 0 radical (unpaired) electrons. The van der Waals surface area contributed by atoms with Gasteiger partial charge in [-0.2, -0.15) is 0 Å². The molecule has 0 aliphatic heterocycles. The smallest absolute Gasteiger partial charge is 0.208 e. The molecule has 2 aromatic rings. The van der Waals surface area contributed by atoms with Gasteiger partial charge in [-0.1, -0.05) is 5.16 Å². The molecule has 3 rings (SSSR count). The van der Waals surface area contributed by atoms with E-state index in [2.05, 4.69) is 52.0 Å². The van der Waals surface area contributed by atoms with E-state index in [0.717, 1.165) is 12.8 Å². The van der Waals surface area contributed by atoms with Crippen molar-refractivity contribution < 1.29 is 14.2 Å². The van der Waals surface area contributed by atoms with Crippen LogP contribution in [0.1, 0.15) is 18.5 Å². The Balaban J connectivity index is 1.74. The Hall–Kier alpha value is -2.27. The lowest BCUT2D eigenvalue weighted by atomic mass is 10.3. The molecule has 1 heterocycles. The van der Waals surface area contributed by atoms with Gasteiger partial charge in [0.25, 0.3) is 0 Å². The van der Waals surface area contributed by atoms with Crippen LogP contribution in [0, 0.1) is 5.82 Å². The summed E-state index contributed by atoms with van der Waals surface area (Å²) < 4.78 is 18.2. The highest BCUT2D eigenvalue weighted by Gasteiger charge is 2.24. The molecule has 1 aromatic heterocycles. The third-order valence-electron chi connectivity index (χ3n) is 3.14. The first-order valence-corrected chi connectivity index (χ1v) is 8.11. The standard InChI is InChI=1S/C13H12BrFN6O2S/c14-8-5-7(3-4-9(8)15)16-11(19-22)10-12(21-23-20-10)18-13(24)17-6-1-2-6/h3-6,22H,1-2H2,(H,16,19)(H2,17,18,21,24). The average Bonchev–Trinajstić information content (AvgIpc) is 3.25. The molecule has 1 aliphatic rings. The van der Waals surface area contributed by atoms with Crippen LogP contribution in [0.4, 0.5) is 15.9 Å². The largest absolute Gasteiger partial charge is 0.409 e. The Morgan fingerprint density at radius 1 is 1.38 bits per heavy atom. The molecule has 24 heavy (non-hydrogen) atoms. The summed E-state index contributed by atoms with van der Waals surface area (Å²) in [6.07, 6.45) is 2.13. The zero-order valence-electron chi connectivity index (χ0n) is 12.1. The molecule has 1 saturated carbocycles. The molecule has 126 valence electrons. The van der Waals surface area contributed by atoms with Gasteiger partial charge < -0.3 is 21.2 Å². The topological polar surface area (TPSA) is 108 Å². The van der Waals surface area contributed by atoms with Crippen molar-refractivity contribution in [1.29, 1.82) is 0 Å². The number of thiocarbonyl (C=S) groups is 1. The zero-order valence-corrected chi connectivity index (χ0v) is 14.5. The van der Waals surface area contributed by atoms with Crippen LogP contribution in [-0.2, 0) is 0 Å². The van der Waals surface area contributed by atoms with Crippen molar-refractivity contribution in [2.75, 3.05) is 10.6 Å². The summed E-state index contributed by atoms with van der Waals surface area (Å²) in [7, 11) is 0. The summed E-state index contributed by atoms with van der Waals surface area (Å²) in [4.78, 5) is 0. The zero-order chi connectivity index (χ0) is 17.1. The van der Waals surface area contributed by atoms with Crippen molar-refractivity contribution in [2.45, 2.75) is 18.9 Å². The second-order valence-corrected chi connectivity index (χ2v) is 6.30. The molecule has 0 atom stereocenters. The summed E-state index contributed by atoms with van der Waals surface area (Å²) in [6.45, 7) is 0. The molecule has 0 saturated heterocycles. The molecular formula is C13H12BrFN6O2S. The van der Waals surface area contributed by atoms with Crippen molar-refractivity contribution in [3.63, 3.8) is 0 Å². The van der Waals surface area contributed by atoms with E-state index in [9.17, 15) is 9.60 Å². The van der Waals surface area contributed by atoms with Crippen molar-refractivity contribution in [2.24, 2.45) is 5.16 Å². The Labute approximate surface area is 149 Å². The fraction of sp³-hybridized carbons (Fsp3) is 0.231. The monoisotopic (exact) mass is 414 g/mol. The van der Waals surface area contributed by atoms with E-state index in [1.54, 1.807) is 0 Å². The van der Waals surface area contributed by atoms with E-state index in [0.29, 0.717) is 16.8 Å². The van der Waals surface area contributed by atoms with Crippen LogP contribution in [0.3, 0.4) is 0 Å². The predicted octanol–water partition coefficient (Wildman–Crippen LogP) is 2.67. The van der Waals surface area contributed by atoms with Crippen molar-refractivity contribution in [1.82, 2.24) is 15.6 Å². The minimum Gasteiger partial charge on any atom is -0.409 e. The molecule has 1 aliphatic carbocycles. The van der Waals surface area contributed by atoms with Gasteiger partial charge in [0.05, 0.1) is 4.47 Å². The van der Waals surface area contributed by atoms with E-state index in [-0.39, 0.29) is 21.8 Å². The lowest BCUT2D eigenvalue weighted by Crippen LogP contribution is -2.31. The molecule has 1 aromatic carbocycles. The van der Waals surface area contributed by atoms with Gasteiger partial charge >= 0.3 is 0 Å². The molecule has 0 bridgehead atoms. The molecule has 11 heteroatoms. The maximum atomic E-state index is 13.3. The highest BCUT2D eigenvalue weighted by atomic mass is 79.9. The fourth-order valence-corrected chi connectivity index (χ4v) is 2.47. The first kappa shape index (κ1) is 16.6. The van der Waals surface area contributed by atoms with Gasteiger partial charge in [0, 0.05) is 11.7 Å². The molecule has 0 unspecified atom stereocenters. The Morgan fingerprint density at radius 2 is 2.17 bits per heavy atom. The number of amidine groups is 1. The number of aromatic nitrogens is 2. The van der Waals surface area contributed by atoms with Gasteiger partial charge in [0.2, 0.25) is 11.7 Å². The van der Waals surface area contributed by atoms with E-state index in [4.69, 9.17) is 12.2 Å². The van der Waals surface area contributed by atoms with Crippen LogP contribution in [0.25, 0.3) is 0 Å². The first-order valence-electron chi connectivity index (χ1n) is 6.91. The normalized spacial score (nSPS) is 14.3. The molecule has 1 fully saturated rings. The average molecular weight is 415 g/mol. The van der Waals surface area contributed by atoms with Gasteiger partial charge in [0.15, 0.2) is 10.8 Å². The van der Waals surface area contributed by atoms with Crippen LogP contribution < -0.4 is 16.0 Å². The van der Waals surface area contributed by atoms with Gasteiger partial charge in [-0.15, -0.1) is 0 Å². The number of anilines is 2. The molecule has 8 nitrogen and oxygen atoms in total. The molecular weight excluding hydrogens is 403 g/mol. The van der Waals surface area contributed by atoms with Crippen LogP contribution in [0.5, 0.6) is 0 Å². The number of oxime groups is 1. The highest BCUT2D eigenvalue weighted by molar-refractivity contribution is 9.10. The molecule has 0 spiro atoms. The van der Waals surface area contributed by atoms with E-state index in [1.807, 2.05) is 0 Å². The Kier molecular flexibility index (Phi) is 4.90. The quantitative estimate of drug-likeness (QED) is 0.199. The van der Waals surface area contributed by atoms with E-state index in [1.165, 1.54) is 18.2 Å². The van der Waals surface area contributed by atoms with Crippen molar-refractivity contribution in [3.8, 4) is 0 Å². The summed E-state index contributed by atoms with van der Waals surface area (Å²) in [5.74, 6) is -0.258. The van der Waals surface area contributed by atoms with Gasteiger partial charge in [-0.05, 0) is 69.5 Å².